The van der Waals surface area contributed by atoms with Crippen LogP contribution >= 0.6 is 11.8 Å². The van der Waals surface area contributed by atoms with Gasteiger partial charge in [0.25, 0.3) is 0 Å². The summed E-state index contributed by atoms with van der Waals surface area (Å²) in [6, 6.07) is 4.99. The number of hydrogen-bond acceptors (Lipinski definition) is 6. The zero-order valence-electron chi connectivity index (χ0n) is 10.5. The zero-order chi connectivity index (χ0) is 13.8. The summed E-state index contributed by atoms with van der Waals surface area (Å²) in [7, 11) is 0. The Bertz CT molecular complexity index is 529. The highest BCUT2D eigenvalue weighted by molar-refractivity contribution is 7.99. The maximum Gasteiger partial charge on any atom is 0.305 e. The maximum atomic E-state index is 10.7. The molecule has 1 saturated carbocycles. The smallest absolute Gasteiger partial charge is 0.305 e. The van der Waals surface area contributed by atoms with Gasteiger partial charge in [-0.15, -0.1) is 0 Å². The topological polar surface area (TPSA) is 91.9 Å². The molecule has 0 radical (unpaired) electrons. The first-order valence-electron chi connectivity index (χ1n) is 5.99. The van der Waals surface area contributed by atoms with Crippen molar-refractivity contribution in [3.63, 3.8) is 0 Å². The number of nitriles is 1. The number of pyridine rings is 1. The van der Waals surface area contributed by atoms with Crippen molar-refractivity contribution in [2.75, 3.05) is 11.6 Å². The van der Waals surface area contributed by atoms with Gasteiger partial charge in [0.1, 0.15) is 11.9 Å². The van der Waals surface area contributed by atoms with E-state index in [0.29, 0.717) is 17.1 Å². The van der Waals surface area contributed by atoms with Gasteiger partial charge in [0.05, 0.1) is 4.92 Å². The van der Waals surface area contributed by atoms with Gasteiger partial charge >= 0.3 is 5.69 Å². The molecule has 6 nitrogen and oxygen atoms in total. The number of hydrogen-bond donors (Lipinski definition) is 1. The van der Waals surface area contributed by atoms with E-state index >= 15 is 0 Å². The van der Waals surface area contributed by atoms with E-state index in [2.05, 4.69) is 16.6 Å². The van der Waals surface area contributed by atoms with Crippen molar-refractivity contribution in [2.24, 2.45) is 0 Å². The zero-order valence-corrected chi connectivity index (χ0v) is 11.3. The first-order chi connectivity index (χ1) is 9.13. The Balaban J connectivity index is 2.10. The lowest BCUT2D eigenvalue weighted by atomic mass is 10.2. The average Bonchev–Trinajstić information content (AvgIpc) is 2.86. The SMILES string of the molecule is CSC1CCC(Nc2ccc([N+](=O)[O-])c(C#N)n2)C1. The molecule has 2 atom stereocenters. The average molecular weight is 278 g/mol. The van der Waals surface area contributed by atoms with Gasteiger partial charge in [-0.25, -0.2) is 4.98 Å². The third-order valence-electron chi connectivity index (χ3n) is 3.25. The van der Waals surface area contributed by atoms with E-state index in [1.165, 1.54) is 6.07 Å². The minimum absolute atomic E-state index is 0.144. The number of thioether (sulfide) groups is 1. The number of anilines is 1. The number of rotatable bonds is 4. The third kappa shape index (κ3) is 3.15. The summed E-state index contributed by atoms with van der Waals surface area (Å²) >= 11 is 1.86. The van der Waals surface area contributed by atoms with Gasteiger partial charge in [-0.1, -0.05) is 0 Å². The Hall–Kier alpha value is -1.81. The minimum Gasteiger partial charge on any atom is -0.367 e. The second kappa shape index (κ2) is 5.89. The molecule has 0 aliphatic heterocycles. The fraction of sp³-hybridized carbons (Fsp3) is 0.500. The first kappa shape index (κ1) is 13.6. The van der Waals surface area contributed by atoms with E-state index in [1.54, 1.807) is 12.1 Å². The summed E-state index contributed by atoms with van der Waals surface area (Å²) in [5.41, 5.74) is -0.393. The van der Waals surface area contributed by atoms with Crippen LogP contribution in [0.4, 0.5) is 11.5 Å². The molecule has 0 saturated heterocycles. The van der Waals surface area contributed by atoms with Gasteiger partial charge in [0, 0.05) is 17.4 Å². The number of aromatic nitrogens is 1. The lowest BCUT2D eigenvalue weighted by Crippen LogP contribution is -2.17. The predicted molar refractivity (Wildman–Crippen MR) is 74.2 cm³/mol. The van der Waals surface area contributed by atoms with Crippen molar-refractivity contribution in [3.8, 4) is 6.07 Å². The van der Waals surface area contributed by atoms with Gasteiger partial charge in [0.15, 0.2) is 0 Å². The number of nitrogens with one attached hydrogen (secondary N) is 1. The number of nitrogens with zero attached hydrogens (tertiary/aromatic N) is 3. The molecule has 1 aliphatic rings. The van der Waals surface area contributed by atoms with Crippen LogP contribution in [0.15, 0.2) is 12.1 Å². The van der Waals surface area contributed by atoms with Crippen LogP contribution < -0.4 is 5.32 Å². The summed E-state index contributed by atoms with van der Waals surface area (Å²) in [5.74, 6) is 0.536. The molecular weight excluding hydrogens is 264 g/mol. The summed E-state index contributed by atoms with van der Waals surface area (Å²) in [6.07, 6.45) is 5.38. The molecule has 1 aliphatic carbocycles. The fourth-order valence-corrected chi connectivity index (χ4v) is 3.05. The fourth-order valence-electron chi connectivity index (χ4n) is 2.26. The highest BCUT2D eigenvalue weighted by Gasteiger charge is 2.24. The van der Waals surface area contributed by atoms with E-state index in [-0.39, 0.29) is 11.4 Å². The van der Waals surface area contributed by atoms with Crippen LogP contribution in [0, 0.1) is 21.4 Å². The largest absolute Gasteiger partial charge is 0.367 e. The van der Waals surface area contributed by atoms with Crippen molar-refractivity contribution in [2.45, 2.75) is 30.6 Å². The predicted octanol–water partition coefficient (Wildman–Crippen LogP) is 2.56. The summed E-state index contributed by atoms with van der Waals surface area (Å²) < 4.78 is 0. The highest BCUT2D eigenvalue weighted by Crippen LogP contribution is 2.30. The molecule has 0 spiro atoms. The Morgan fingerprint density at radius 3 is 2.95 bits per heavy atom. The lowest BCUT2D eigenvalue weighted by molar-refractivity contribution is -0.385. The van der Waals surface area contributed by atoms with Crippen LogP contribution in [-0.4, -0.2) is 27.5 Å². The molecule has 0 amide bonds. The molecule has 2 unspecified atom stereocenters. The molecule has 0 aromatic carbocycles. The van der Waals surface area contributed by atoms with Crippen LogP contribution in [0.25, 0.3) is 0 Å². The molecule has 1 aromatic heterocycles. The van der Waals surface area contributed by atoms with E-state index in [4.69, 9.17) is 5.26 Å². The summed E-state index contributed by atoms with van der Waals surface area (Å²) in [6.45, 7) is 0. The molecule has 1 fully saturated rings. The van der Waals surface area contributed by atoms with E-state index in [0.717, 1.165) is 19.3 Å². The molecule has 1 N–H and O–H groups in total. The molecule has 2 rings (SSSR count). The van der Waals surface area contributed by atoms with Crippen molar-refractivity contribution in [3.05, 3.63) is 27.9 Å². The Morgan fingerprint density at radius 2 is 2.37 bits per heavy atom. The second-order valence-corrected chi connectivity index (χ2v) is 5.58. The molecule has 0 bridgehead atoms. The van der Waals surface area contributed by atoms with Crippen molar-refractivity contribution in [1.82, 2.24) is 4.98 Å². The lowest BCUT2D eigenvalue weighted by Gasteiger charge is -2.13. The van der Waals surface area contributed by atoms with E-state index in [1.807, 2.05) is 11.8 Å². The molecule has 1 heterocycles. The third-order valence-corrected chi connectivity index (χ3v) is 4.34. The standard InChI is InChI=1S/C12H14N4O2S/c1-19-9-3-2-8(6-9)14-12-5-4-11(16(17)18)10(7-13)15-12/h4-5,8-9H,2-3,6H2,1H3,(H,14,15). The van der Waals surface area contributed by atoms with Gasteiger partial charge in [-0.05, 0) is 31.6 Å². The quantitative estimate of drug-likeness (QED) is 0.672. The molecule has 19 heavy (non-hydrogen) atoms. The minimum atomic E-state index is -0.589. The van der Waals surface area contributed by atoms with Crippen LogP contribution in [-0.2, 0) is 0 Å². The van der Waals surface area contributed by atoms with Crippen LogP contribution in [0.2, 0.25) is 0 Å². The van der Waals surface area contributed by atoms with Crippen LogP contribution in [0.5, 0.6) is 0 Å². The Labute approximate surface area is 115 Å². The molecule has 1 aromatic rings. The monoisotopic (exact) mass is 278 g/mol. The Kier molecular flexibility index (Phi) is 4.22. The van der Waals surface area contributed by atoms with E-state index in [9.17, 15) is 10.1 Å². The summed E-state index contributed by atoms with van der Waals surface area (Å²) in [4.78, 5) is 14.1. The van der Waals surface area contributed by atoms with Crippen molar-refractivity contribution < 1.29 is 4.92 Å². The van der Waals surface area contributed by atoms with Crippen LogP contribution in [0.3, 0.4) is 0 Å². The summed E-state index contributed by atoms with van der Waals surface area (Å²) in [5, 5.41) is 23.5. The van der Waals surface area contributed by atoms with Gasteiger partial charge < -0.3 is 5.32 Å². The first-order valence-corrected chi connectivity index (χ1v) is 7.27. The second-order valence-electron chi connectivity index (χ2n) is 4.45. The highest BCUT2D eigenvalue weighted by atomic mass is 32.2. The van der Waals surface area contributed by atoms with Gasteiger partial charge in [-0.2, -0.15) is 17.0 Å². The van der Waals surface area contributed by atoms with E-state index < -0.39 is 4.92 Å². The van der Waals surface area contributed by atoms with Crippen molar-refractivity contribution >= 4 is 23.3 Å². The normalized spacial score (nSPS) is 21.9. The van der Waals surface area contributed by atoms with Gasteiger partial charge in [-0.3, -0.25) is 10.1 Å². The van der Waals surface area contributed by atoms with Crippen molar-refractivity contribution in [1.29, 1.82) is 5.26 Å². The Morgan fingerprint density at radius 1 is 1.58 bits per heavy atom. The molecule has 7 heteroatoms. The van der Waals surface area contributed by atoms with Gasteiger partial charge in [0.2, 0.25) is 5.69 Å². The number of nitro groups is 1. The molecule has 100 valence electrons. The maximum absolute atomic E-state index is 10.7. The molecular formula is C12H14N4O2S. The van der Waals surface area contributed by atoms with Crippen LogP contribution in [0.1, 0.15) is 25.0 Å².